The number of fused-ring (bicyclic) bond motifs is 2. The number of para-hydroxylation sites is 2. The molecule has 1 aliphatic rings. The number of hydrogen-bond acceptors (Lipinski definition) is 7. The Morgan fingerprint density at radius 3 is 1.85 bits per heavy atom. The fraction of sp³-hybridized carbons (Fsp3) is 0.200. The van der Waals surface area contributed by atoms with Gasteiger partial charge in [0.2, 0.25) is 17.7 Å². The van der Waals surface area contributed by atoms with Crippen LogP contribution in [-0.4, -0.2) is 58.6 Å². The SMILES string of the molecule is N[C@@H](Cc1ccc(O)cc1)C(=O)N[C@@H](Cc1ccccc1)C(=O)N[C@@H](CNC(=O)C1c2ccccc2Oc2ccccc21)C(=O)O. The summed E-state index contributed by atoms with van der Waals surface area (Å²) in [5.74, 6) is -2.83. The Morgan fingerprint density at radius 1 is 0.696 bits per heavy atom. The van der Waals surface area contributed by atoms with Crippen molar-refractivity contribution in [3.05, 3.63) is 125 Å². The maximum absolute atomic E-state index is 13.5. The molecule has 0 saturated heterocycles. The predicted molar refractivity (Wildman–Crippen MR) is 169 cm³/mol. The van der Waals surface area contributed by atoms with Crippen molar-refractivity contribution in [2.45, 2.75) is 36.9 Å². The second-order valence-corrected chi connectivity index (χ2v) is 11.0. The largest absolute Gasteiger partial charge is 0.508 e. The maximum atomic E-state index is 13.5. The lowest BCUT2D eigenvalue weighted by Crippen LogP contribution is -2.57. The number of phenols is 1. The van der Waals surface area contributed by atoms with Crippen LogP contribution in [0.4, 0.5) is 0 Å². The van der Waals surface area contributed by atoms with E-state index in [0.717, 1.165) is 5.56 Å². The molecule has 0 saturated carbocycles. The summed E-state index contributed by atoms with van der Waals surface area (Å²) < 4.78 is 5.95. The first-order chi connectivity index (χ1) is 22.2. The number of carboxylic acids is 1. The summed E-state index contributed by atoms with van der Waals surface area (Å²) in [6.07, 6.45) is 0.215. The first kappa shape index (κ1) is 31.7. The van der Waals surface area contributed by atoms with Crippen molar-refractivity contribution in [3.63, 3.8) is 0 Å². The molecule has 4 aromatic rings. The molecule has 0 aliphatic carbocycles. The van der Waals surface area contributed by atoms with Crippen molar-refractivity contribution in [3.8, 4) is 17.2 Å². The molecular weight excluding hydrogens is 588 g/mol. The standard InChI is InChI=1S/C35H34N4O7/c36-26(18-22-14-16-23(40)17-15-22)32(41)38-27(19-21-8-2-1-3-9-21)33(42)39-28(35(44)45)20-37-34(43)31-24-10-4-6-12-29(24)46-30-13-7-5-11-25(30)31/h1-17,26-28,31,40H,18-20,36H2,(H,37,43)(H,38,41)(H,39,42)(H,44,45)/t26-,27-,28-/m0/s1. The van der Waals surface area contributed by atoms with Gasteiger partial charge in [-0.05, 0) is 41.8 Å². The zero-order chi connectivity index (χ0) is 32.6. The van der Waals surface area contributed by atoms with Crippen molar-refractivity contribution < 1.29 is 34.1 Å². The predicted octanol–water partition coefficient (Wildman–Crippen LogP) is 2.61. The number of carbonyl (C=O) groups is 4. The Balaban J connectivity index is 1.28. The van der Waals surface area contributed by atoms with E-state index in [1.807, 2.05) is 6.07 Å². The van der Waals surface area contributed by atoms with Crippen molar-refractivity contribution in [2.24, 2.45) is 5.73 Å². The van der Waals surface area contributed by atoms with Gasteiger partial charge in [0.15, 0.2) is 0 Å². The molecule has 0 unspecified atom stereocenters. The highest BCUT2D eigenvalue weighted by molar-refractivity contribution is 5.93. The topological polar surface area (TPSA) is 180 Å². The minimum absolute atomic E-state index is 0.0681. The Hall–Kier alpha value is -5.68. The number of phenolic OH excluding ortho intramolecular Hbond substituents is 1. The summed E-state index contributed by atoms with van der Waals surface area (Å²) in [5.41, 5.74) is 8.84. The Bertz CT molecular complexity index is 1670. The van der Waals surface area contributed by atoms with Gasteiger partial charge in [-0.1, -0.05) is 78.9 Å². The highest BCUT2D eigenvalue weighted by Gasteiger charge is 2.34. The number of carboxylic acid groups (broad SMARTS) is 1. The molecule has 3 atom stereocenters. The Kier molecular flexibility index (Phi) is 9.94. The van der Waals surface area contributed by atoms with Crippen molar-refractivity contribution in [1.29, 1.82) is 0 Å². The molecule has 0 fully saturated rings. The van der Waals surface area contributed by atoms with Gasteiger partial charge in [0.25, 0.3) is 0 Å². The van der Waals surface area contributed by atoms with Gasteiger partial charge in [-0.3, -0.25) is 14.4 Å². The third-order valence-corrected chi connectivity index (χ3v) is 7.68. The van der Waals surface area contributed by atoms with Crippen LogP contribution in [0.25, 0.3) is 0 Å². The molecule has 7 N–H and O–H groups in total. The molecule has 11 nitrogen and oxygen atoms in total. The number of carbonyl (C=O) groups excluding carboxylic acids is 3. The van der Waals surface area contributed by atoms with Gasteiger partial charge in [-0.15, -0.1) is 0 Å². The van der Waals surface area contributed by atoms with Crippen LogP contribution in [0.3, 0.4) is 0 Å². The number of rotatable bonds is 12. The molecule has 1 heterocycles. The molecule has 236 valence electrons. The first-order valence-electron chi connectivity index (χ1n) is 14.7. The van der Waals surface area contributed by atoms with Crippen LogP contribution in [-0.2, 0) is 32.0 Å². The lowest BCUT2D eigenvalue weighted by atomic mass is 9.87. The van der Waals surface area contributed by atoms with Crippen LogP contribution in [0.15, 0.2) is 103 Å². The lowest BCUT2D eigenvalue weighted by molar-refractivity contribution is -0.142. The number of nitrogens with two attached hydrogens (primary N) is 1. The summed E-state index contributed by atoms with van der Waals surface area (Å²) in [4.78, 5) is 52.4. The highest BCUT2D eigenvalue weighted by Crippen LogP contribution is 2.43. The normalized spacial score (nSPS) is 13.9. The molecule has 0 bridgehead atoms. The second kappa shape index (κ2) is 14.4. The molecule has 1 aliphatic heterocycles. The van der Waals surface area contributed by atoms with E-state index in [1.54, 1.807) is 84.9 Å². The number of benzene rings is 4. The molecule has 4 aromatic carbocycles. The quantitative estimate of drug-likeness (QED) is 0.140. The first-order valence-corrected chi connectivity index (χ1v) is 14.7. The van der Waals surface area contributed by atoms with Gasteiger partial charge in [0, 0.05) is 24.1 Å². The van der Waals surface area contributed by atoms with Crippen LogP contribution >= 0.6 is 0 Å². The van der Waals surface area contributed by atoms with E-state index in [-0.39, 0.29) is 18.6 Å². The lowest BCUT2D eigenvalue weighted by Gasteiger charge is -2.28. The maximum Gasteiger partial charge on any atom is 0.328 e. The van der Waals surface area contributed by atoms with Gasteiger partial charge in [0.05, 0.1) is 12.0 Å². The van der Waals surface area contributed by atoms with Gasteiger partial charge in [0.1, 0.15) is 29.3 Å². The van der Waals surface area contributed by atoms with Gasteiger partial charge < -0.3 is 36.6 Å². The molecule has 3 amide bonds. The fourth-order valence-corrected chi connectivity index (χ4v) is 5.29. The molecule has 46 heavy (non-hydrogen) atoms. The Morgan fingerprint density at radius 2 is 1.24 bits per heavy atom. The van der Waals surface area contributed by atoms with Gasteiger partial charge in [-0.2, -0.15) is 0 Å². The van der Waals surface area contributed by atoms with Crippen LogP contribution in [0.2, 0.25) is 0 Å². The molecule has 11 heteroatoms. The number of hydrogen-bond donors (Lipinski definition) is 6. The smallest absolute Gasteiger partial charge is 0.328 e. The van der Waals surface area contributed by atoms with Crippen LogP contribution in [0, 0.1) is 0 Å². The molecule has 0 aromatic heterocycles. The fourth-order valence-electron chi connectivity index (χ4n) is 5.29. The van der Waals surface area contributed by atoms with E-state index in [2.05, 4.69) is 16.0 Å². The summed E-state index contributed by atoms with van der Waals surface area (Å²) in [7, 11) is 0. The monoisotopic (exact) mass is 622 g/mol. The second-order valence-electron chi connectivity index (χ2n) is 11.0. The van der Waals surface area contributed by atoms with E-state index < -0.39 is 54.3 Å². The third kappa shape index (κ3) is 7.69. The number of nitrogens with one attached hydrogen (secondary N) is 3. The number of aromatic hydroxyl groups is 1. The molecule has 5 rings (SSSR count). The van der Waals surface area contributed by atoms with Crippen LogP contribution < -0.4 is 26.4 Å². The van der Waals surface area contributed by atoms with Crippen molar-refractivity contribution >= 4 is 23.7 Å². The van der Waals surface area contributed by atoms with E-state index in [0.29, 0.717) is 28.2 Å². The zero-order valence-corrected chi connectivity index (χ0v) is 24.8. The minimum Gasteiger partial charge on any atom is -0.508 e. The van der Waals surface area contributed by atoms with Gasteiger partial charge >= 0.3 is 5.97 Å². The number of aliphatic carboxylic acids is 1. The van der Waals surface area contributed by atoms with Crippen molar-refractivity contribution in [2.75, 3.05) is 6.54 Å². The zero-order valence-electron chi connectivity index (χ0n) is 24.8. The van der Waals surface area contributed by atoms with Crippen LogP contribution in [0.5, 0.6) is 17.2 Å². The van der Waals surface area contributed by atoms with E-state index in [1.165, 1.54) is 12.1 Å². The minimum atomic E-state index is -1.50. The summed E-state index contributed by atoms with van der Waals surface area (Å²) >= 11 is 0. The average Bonchev–Trinajstić information content (AvgIpc) is 3.06. The summed E-state index contributed by atoms with van der Waals surface area (Å²) in [5, 5.41) is 27.3. The third-order valence-electron chi connectivity index (χ3n) is 7.68. The number of ether oxygens (including phenoxy) is 1. The number of amides is 3. The van der Waals surface area contributed by atoms with Crippen molar-refractivity contribution in [1.82, 2.24) is 16.0 Å². The molecular formula is C35H34N4O7. The summed E-state index contributed by atoms with van der Waals surface area (Å²) in [6.45, 7) is -0.409. The average molecular weight is 623 g/mol. The highest BCUT2D eigenvalue weighted by atomic mass is 16.5. The Labute approximate surface area is 265 Å². The van der Waals surface area contributed by atoms with E-state index >= 15 is 0 Å². The summed E-state index contributed by atoms with van der Waals surface area (Å²) in [6, 6.07) is 25.7. The molecule has 0 spiro atoms. The molecule has 0 radical (unpaired) electrons. The van der Waals surface area contributed by atoms with Crippen LogP contribution in [0.1, 0.15) is 28.2 Å². The van der Waals surface area contributed by atoms with E-state index in [9.17, 15) is 29.4 Å². The van der Waals surface area contributed by atoms with E-state index in [4.69, 9.17) is 10.5 Å². The van der Waals surface area contributed by atoms with Gasteiger partial charge in [-0.25, -0.2) is 4.79 Å².